The van der Waals surface area contributed by atoms with Crippen molar-refractivity contribution >= 4 is 5.91 Å². The molecule has 0 heterocycles. The van der Waals surface area contributed by atoms with Gasteiger partial charge in [-0.05, 0) is 49.2 Å². The predicted molar refractivity (Wildman–Crippen MR) is 80.1 cm³/mol. The zero-order valence-corrected chi connectivity index (χ0v) is 12.2. The number of hydrogen-bond donors (Lipinski definition) is 1. The van der Waals surface area contributed by atoms with E-state index in [0.717, 1.165) is 16.9 Å². The van der Waals surface area contributed by atoms with Crippen molar-refractivity contribution in [3.63, 3.8) is 0 Å². The molecule has 0 bridgehead atoms. The van der Waals surface area contributed by atoms with Crippen molar-refractivity contribution in [1.29, 1.82) is 0 Å². The summed E-state index contributed by atoms with van der Waals surface area (Å²) in [7, 11) is 0. The van der Waals surface area contributed by atoms with Gasteiger partial charge in [0.15, 0.2) is 0 Å². The minimum absolute atomic E-state index is 0.306. The second-order valence-electron chi connectivity index (χ2n) is 4.81. The van der Waals surface area contributed by atoms with Gasteiger partial charge < -0.3 is 10.1 Å². The van der Waals surface area contributed by atoms with Crippen molar-refractivity contribution in [3.05, 3.63) is 65.0 Å². The molecule has 4 heteroatoms. The molecule has 2 rings (SSSR count). The average molecular weight is 287 g/mol. The van der Waals surface area contributed by atoms with E-state index in [1.807, 2.05) is 32.0 Å². The molecule has 0 aliphatic heterocycles. The Morgan fingerprint density at radius 1 is 1.19 bits per heavy atom. The second-order valence-corrected chi connectivity index (χ2v) is 4.81. The van der Waals surface area contributed by atoms with E-state index in [2.05, 4.69) is 5.32 Å². The highest BCUT2D eigenvalue weighted by Gasteiger charge is 2.06. The van der Waals surface area contributed by atoms with Gasteiger partial charge in [-0.2, -0.15) is 0 Å². The molecule has 3 nitrogen and oxygen atoms in total. The van der Waals surface area contributed by atoms with Gasteiger partial charge in [0, 0.05) is 5.56 Å². The molecule has 0 aliphatic carbocycles. The summed E-state index contributed by atoms with van der Waals surface area (Å²) < 4.78 is 18.7. The molecule has 21 heavy (non-hydrogen) atoms. The molecule has 0 saturated heterocycles. The van der Waals surface area contributed by atoms with E-state index < -0.39 is 5.82 Å². The van der Waals surface area contributed by atoms with Gasteiger partial charge in [0.2, 0.25) is 0 Å². The van der Waals surface area contributed by atoms with E-state index in [-0.39, 0.29) is 5.91 Å². The van der Waals surface area contributed by atoms with Gasteiger partial charge in [0.25, 0.3) is 5.91 Å². The van der Waals surface area contributed by atoms with Crippen molar-refractivity contribution in [2.24, 2.45) is 0 Å². The molecule has 2 aromatic rings. The number of ether oxygens (including phenoxy) is 1. The molecule has 0 saturated carbocycles. The Hall–Kier alpha value is -2.36. The number of halogens is 1. The number of aryl methyl sites for hydroxylation is 1. The molecule has 0 spiro atoms. The van der Waals surface area contributed by atoms with Gasteiger partial charge in [-0.1, -0.05) is 18.2 Å². The van der Waals surface area contributed by atoms with Crippen LogP contribution in [0.5, 0.6) is 5.75 Å². The van der Waals surface area contributed by atoms with Crippen LogP contribution in [0, 0.1) is 19.7 Å². The molecule has 0 aromatic heterocycles. The third-order valence-electron chi connectivity index (χ3n) is 3.29. The van der Waals surface area contributed by atoms with Gasteiger partial charge in [-0.15, -0.1) is 0 Å². The lowest BCUT2D eigenvalue weighted by Gasteiger charge is -2.11. The van der Waals surface area contributed by atoms with E-state index in [1.54, 1.807) is 6.07 Å². The molecular weight excluding hydrogens is 269 g/mol. The van der Waals surface area contributed by atoms with Crippen LogP contribution in [-0.4, -0.2) is 19.1 Å². The van der Waals surface area contributed by atoms with Crippen LogP contribution >= 0.6 is 0 Å². The Bertz CT molecular complexity index is 640. The first-order valence-corrected chi connectivity index (χ1v) is 6.80. The highest BCUT2D eigenvalue weighted by molar-refractivity contribution is 5.94. The van der Waals surface area contributed by atoms with Crippen LogP contribution in [0.2, 0.25) is 0 Å². The standard InChI is InChI=1S/C17H18FNO2/c1-12-5-3-8-16(13(12)2)21-10-9-19-17(20)14-6-4-7-15(18)11-14/h3-8,11H,9-10H2,1-2H3,(H,19,20). The molecule has 0 aliphatic rings. The van der Waals surface area contributed by atoms with Crippen LogP contribution in [0.1, 0.15) is 21.5 Å². The number of benzene rings is 2. The van der Waals surface area contributed by atoms with Gasteiger partial charge >= 0.3 is 0 Å². The van der Waals surface area contributed by atoms with Crippen molar-refractivity contribution in [3.8, 4) is 5.75 Å². The maximum Gasteiger partial charge on any atom is 0.251 e. The van der Waals surface area contributed by atoms with Crippen LogP contribution in [0.3, 0.4) is 0 Å². The first-order valence-electron chi connectivity index (χ1n) is 6.80. The zero-order valence-electron chi connectivity index (χ0n) is 12.2. The first-order chi connectivity index (χ1) is 10.1. The average Bonchev–Trinajstić information content (AvgIpc) is 2.47. The summed E-state index contributed by atoms with van der Waals surface area (Å²) in [6.45, 7) is 4.75. The van der Waals surface area contributed by atoms with Crippen LogP contribution in [0.4, 0.5) is 4.39 Å². The second kappa shape index (κ2) is 6.88. The maximum atomic E-state index is 13.0. The molecule has 110 valence electrons. The van der Waals surface area contributed by atoms with Crippen LogP contribution in [0.25, 0.3) is 0 Å². The Morgan fingerprint density at radius 3 is 2.71 bits per heavy atom. The summed E-state index contributed by atoms with van der Waals surface area (Å²) in [6.07, 6.45) is 0. The van der Waals surface area contributed by atoms with Gasteiger partial charge in [-0.25, -0.2) is 4.39 Å². The number of carbonyl (C=O) groups is 1. The van der Waals surface area contributed by atoms with Crippen molar-refractivity contribution in [1.82, 2.24) is 5.32 Å². The Balaban J connectivity index is 1.82. The molecule has 0 radical (unpaired) electrons. The summed E-state index contributed by atoms with van der Waals surface area (Å²) in [6, 6.07) is 11.5. The van der Waals surface area contributed by atoms with Crippen molar-refractivity contribution in [2.75, 3.05) is 13.2 Å². The smallest absolute Gasteiger partial charge is 0.251 e. The third-order valence-corrected chi connectivity index (χ3v) is 3.29. The molecule has 0 fully saturated rings. The van der Waals surface area contributed by atoms with Crippen LogP contribution < -0.4 is 10.1 Å². The number of rotatable bonds is 5. The summed E-state index contributed by atoms with van der Waals surface area (Å²) >= 11 is 0. The quantitative estimate of drug-likeness (QED) is 0.857. The zero-order chi connectivity index (χ0) is 15.2. The lowest BCUT2D eigenvalue weighted by molar-refractivity contribution is 0.0946. The Labute approximate surface area is 123 Å². The predicted octanol–water partition coefficient (Wildman–Crippen LogP) is 3.25. The number of amides is 1. The van der Waals surface area contributed by atoms with E-state index in [0.29, 0.717) is 18.7 Å². The summed E-state index contributed by atoms with van der Waals surface area (Å²) in [4.78, 5) is 11.8. The minimum Gasteiger partial charge on any atom is -0.491 e. The fourth-order valence-electron chi connectivity index (χ4n) is 1.94. The summed E-state index contributed by atoms with van der Waals surface area (Å²) in [5, 5.41) is 2.70. The molecule has 0 atom stereocenters. The number of carbonyl (C=O) groups excluding carboxylic acids is 1. The van der Waals surface area contributed by atoms with Crippen molar-refractivity contribution < 1.29 is 13.9 Å². The molecule has 2 aromatic carbocycles. The Kier molecular flexibility index (Phi) is 4.93. The lowest BCUT2D eigenvalue weighted by Crippen LogP contribution is -2.28. The Morgan fingerprint density at radius 2 is 1.95 bits per heavy atom. The molecule has 0 unspecified atom stereocenters. The summed E-state index contributed by atoms with van der Waals surface area (Å²) in [5.41, 5.74) is 2.56. The van der Waals surface area contributed by atoms with E-state index in [4.69, 9.17) is 4.74 Å². The normalized spacial score (nSPS) is 10.2. The van der Waals surface area contributed by atoms with Crippen LogP contribution in [-0.2, 0) is 0 Å². The molecule has 1 N–H and O–H groups in total. The largest absolute Gasteiger partial charge is 0.491 e. The third kappa shape index (κ3) is 4.05. The fourth-order valence-corrected chi connectivity index (χ4v) is 1.94. The van der Waals surface area contributed by atoms with Gasteiger partial charge in [0.05, 0.1) is 6.54 Å². The van der Waals surface area contributed by atoms with E-state index in [1.165, 1.54) is 18.2 Å². The minimum atomic E-state index is -0.422. The monoisotopic (exact) mass is 287 g/mol. The number of nitrogens with one attached hydrogen (secondary N) is 1. The highest BCUT2D eigenvalue weighted by atomic mass is 19.1. The van der Waals surface area contributed by atoms with E-state index >= 15 is 0 Å². The summed E-state index contributed by atoms with van der Waals surface area (Å²) in [5.74, 6) is 0.0864. The van der Waals surface area contributed by atoms with Gasteiger partial charge in [-0.3, -0.25) is 4.79 Å². The maximum absolute atomic E-state index is 13.0. The highest BCUT2D eigenvalue weighted by Crippen LogP contribution is 2.20. The molecular formula is C17H18FNO2. The first kappa shape index (κ1) is 15.0. The topological polar surface area (TPSA) is 38.3 Å². The fraction of sp³-hybridized carbons (Fsp3) is 0.235. The van der Waals surface area contributed by atoms with Crippen LogP contribution in [0.15, 0.2) is 42.5 Å². The van der Waals surface area contributed by atoms with Gasteiger partial charge in [0.1, 0.15) is 18.2 Å². The number of hydrogen-bond acceptors (Lipinski definition) is 2. The SMILES string of the molecule is Cc1cccc(OCCNC(=O)c2cccc(F)c2)c1C. The lowest BCUT2D eigenvalue weighted by atomic mass is 10.1. The molecule has 1 amide bonds. The van der Waals surface area contributed by atoms with Crippen molar-refractivity contribution in [2.45, 2.75) is 13.8 Å². The van der Waals surface area contributed by atoms with E-state index in [9.17, 15) is 9.18 Å².